The van der Waals surface area contributed by atoms with E-state index in [1.807, 2.05) is 6.92 Å². The first-order valence-electron chi connectivity index (χ1n) is 5.20. The van der Waals surface area contributed by atoms with Gasteiger partial charge in [0.15, 0.2) is 0 Å². The van der Waals surface area contributed by atoms with Crippen LogP contribution in [0.5, 0.6) is 0 Å². The summed E-state index contributed by atoms with van der Waals surface area (Å²) in [6.45, 7) is 2.06. The first kappa shape index (κ1) is 12.3. The van der Waals surface area contributed by atoms with Crippen LogP contribution in [-0.2, 0) is 13.2 Å². The molecule has 90 valence electrons. The Morgan fingerprint density at radius 2 is 2.12 bits per heavy atom. The van der Waals surface area contributed by atoms with Crippen LogP contribution in [0.25, 0.3) is 10.9 Å². The van der Waals surface area contributed by atoms with Crippen molar-refractivity contribution in [1.82, 2.24) is 4.57 Å². The predicted molar refractivity (Wildman–Crippen MR) is 67.5 cm³/mol. The number of hydrogen-bond acceptors (Lipinski definition) is 2. The number of hydrogen-bond donors (Lipinski definition) is 1. The van der Waals surface area contributed by atoms with Crippen molar-refractivity contribution >= 4 is 26.8 Å². The van der Waals surface area contributed by atoms with E-state index in [2.05, 4.69) is 15.9 Å². The lowest BCUT2D eigenvalue weighted by Gasteiger charge is -2.11. The van der Waals surface area contributed by atoms with Crippen molar-refractivity contribution in [2.24, 2.45) is 0 Å². The summed E-state index contributed by atoms with van der Waals surface area (Å²) in [7, 11) is 0. The minimum Gasteiger partial charge on any atom is -0.392 e. The molecule has 3 nitrogen and oxygen atoms in total. The maximum atomic E-state index is 13.5. The third-order valence-corrected chi connectivity index (χ3v) is 3.33. The lowest BCUT2D eigenvalue weighted by Crippen LogP contribution is -2.20. The van der Waals surface area contributed by atoms with Gasteiger partial charge in [0.25, 0.3) is 5.56 Å². The molecule has 2 rings (SSSR count). The average molecular weight is 300 g/mol. The van der Waals surface area contributed by atoms with E-state index in [9.17, 15) is 14.3 Å². The molecule has 0 unspecified atom stereocenters. The van der Waals surface area contributed by atoms with Gasteiger partial charge in [0, 0.05) is 18.0 Å². The highest BCUT2D eigenvalue weighted by Crippen LogP contribution is 2.25. The van der Waals surface area contributed by atoms with E-state index in [1.54, 1.807) is 10.6 Å². The van der Waals surface area contributed by atoms with Crippen molar-refractivity contribution in [3.8, 4) is 0 Å². The highest BCUT2D eigenvalue weighted by Gasteiger charge is 2.10. The Morgan fingerprint density at radius 1 is 1.41 bits per heavy atom. The second-order valence-corrected chi connectivity index (χ2v) is 4.55. The van der Waals surface area contributed by atoms with Crippen molar-refractivity contribution in [3.05, 3.63) is 44.4 Å². The van der Waals surface area contributed by atoms with Gasteiger partial charge in [-0.05, 0) is 40.5 Å². The maximum Gasteiger partial charge on any atom is 0.251 e. The average Bonchev–Trinajstić information content (AvgIpc) is 2.30. The van der Waals surface area contributed by atoms with Crippen molar-refractivity contribution in [2.45, 2.75) is 20.1 Å². The van der Waals surface area contributed by atoms with E-state index in [4.69, 9.17) is 0 Å². The number of aryl methyl sites for hydroxylation is 1. The standard InChI is InChI=1S/C12H11BrFNO2/c1-2-15-11-5-9(13)10(14)4-8(11)7(6-16)3-12(15)17/h3-5,16H,2,6H2,1H3. The SMILES string of the molecule is CCn1c(=O)cc(CO)c2cc(F)c(Br)cc21. The van der Waals surface area contributed by atoms with E-state index in [-0.39, 0.29) is 12.2 Å². The summed E-state index contributed by atoms with van der Waals surface area (Å²) >= 11 is 3.10. The third-order valence-electron chi connectivity index (χ3n) is 2.73. The van der Waals surface area contributed by atoms with Crippen LogP contribution in [0.4, 0.5) is 4.39 Å². The van der Waals surface area contributed by atoms with Crippen LogP contribution in [0.3, 0.4) is 0 Å². The molecule has 0 amide bonds. The Hall–Kier alpha value is -1.20. The zero-order valence-electron chi connectivity index (χ0n) is 9.20. The molecule has 0 saturated heterocycles. The number of aromatic nitrogens is 1. The summed E-state index contributed by atoms with van der Waals surface area (Å²) in [5, 5.41) is 9.77. The fourth-order valence-corrected chi connectivity index (χ4v) is 2.23. The number of fused-ring (bicyclic) bond motifs is 1. The van der Waals surface area contributed by atoms with E-state index in [1.165, 1.54) is 12.1 Å². The van der Waals surface area contributed by atoms with Crippen LogP contribution in [0.2, 0.25) is 0 Å². The fraction of sp³-hybridized carbons (Fsp3) is 0.250. The van der Waals surface area contributed by atoms with Gasteiger partial charge in [-0.1, -0.05) is 0 Å². The summed E-state index contributed by atoms with van der Waals surface area (Å²) in [5.41, 5.74) is 0.876. The number of aliphatic hydroxyl groups is 1. The van der Waals surface area contributed by atoms with Gasteiger partial charge in [0.05, 0.1) is 16.6 Å². The van der Waals surface area contributed by atoms with Crippen LogP contribution in [0.15, 0.2) is 27.5 Å². The molecular weight excluding hydrogens is 289 g/mol. The molecule has 1 aromatic carbocycles. The summed E-state index contributed by atoms with van der Waals surface area (Å²) in [5.74, 6) is -0.409. The minimum atomic E-state index is -0.409. The molecule has 2 aromatic rings. The minimum absolute atomic E-state index is 0.192. The largest absolute Gasteiger partial charge is 0.392 e. The normalized spacial score (nSPS) is 11.1. The third kappa shape index (κ3) is 2.00. The lowest BCUT2D eigenvalue weighted by atomic mass is 10.1. The molecule has 0 saturated carbocycles. The van der Waals surface area contributed by atoms with Crippen LogP contribution in [-0.4, -0.2) is 9.67 Å². The Bertz CT molecular complexity index is 636. The number of benzene rings is 1. The molecule has 0 fully saturated rings. The van der Waals surface area contributed by atoms with Gasteiger partial charge in [-0.2, -0.15) is 0 Å². The van der Waals surface area contributed by atoms with Crippen LogP contribution in [0, 0.1) is 5.82 Å². The molecular formula is C12H11BrFNO2. The highest BCUT2D eigenvalue weighted by molar-refractivity contribution is 9.10. The fourth-order valence-electron chi connectivity index (χ4n) is 1.90. The van der Waals surface area contributed by atoms with Gasteiger partial charge in [0.1, 0.15) is 5.82 Å². The second-order valence-electron chi connectivity index (χ2n) is 3.69. The molecule has 1 N–H and O–H groups in total. The first-order chi connectivity index (χ1) is 8.08. The number of rotatable bonds is 2. The van der Waals surface area contributed by atoms with Crippen molar-refractivity contribution in [2.75, 3.05) is 0 Å². The summed E-state index contributed by atoms with van der Waals surface area (Å²) in [6, 6.07) is 4.24. The molecule has 1 aromatic heterocycles. The molecule has 0 aliphatic carbocycles. The molecule has 1 heterocycles. The predicted octanol–water partition coefficient (Wildman–Crippen LogP) is 2.42. The molecule has 17 heavy (non-hydrogen) atoms. The maximum absolute atomic E-state index is 13.5. The smallest absolute Gasteiger partial charge is 0.251 e. The topological polar surface area (TPSA) is 42.2 Å². The summed E-state index contributed by atoms with van der Waals surface area (Å²) < 4.78 is 15.3. The van der Waals surface area contributed by atoms with E-state index < -0.39 is 5.82 Å². The summed E-state index contributed by atoms with van der Waals surface area (Å²) in [4.78, 5) is 11.8. The number of pyridine rings is 1. The summed E-state index contributed by atoms with van der Waals surface area (Å²) in [6.07, 6.45) is 0. The Labute approximate surface area is 106 Å². The number of nitrogens with zero attached hydrogens (tertiary/aromatic N) is 1. The monoisotopic (exact) mass is 299 g/mol. The zero-order valence-corrected chi connectivity index (χ0v) is 10.8. The van der Waals surface area contributed by atoms with E-state index >= 15 is 0 Å². The van der Waals surface area contributed by atoms with E-state index in [0.717, 1.165) is 0 Å². The number of halogens is 2. The quantitative estimate of drug-likeness (QED) is 0.925. The van der Waals surface area contributed by atoms with Gasteiger partial charge in [-0.15, -0.1) is 0 Å². The van der Waals surface area contributed by atoms with Gasteiger partial charge in [-0.25, -0.2) is 4.39 Å². The van der Waals surface area contributed by atoms with Crippen molar-refractivity contribution in [1.29, 1.82) is 0 Å². The Balaban J connectivity index is 2.97. The highest BCUT2D eigenvalue weighted by atomic mass is 79.9. The molecule has 0 radical (unpaired) electrons. The number of aliphatic hydroxyl groups excluding tert-OH is 1. The first-order valence-corrected chi connectivity index (χ1v) is 6.00. The van der Waals surface area contributed by atoms with Crippen molar-refractivity contribution < 1.29 is 9.50 Å². The van der Waals surface area contributed by atoms with Crippen LogP contribution < -0.4 is 5.56 Å². The van der Waals surface area contributed by atoms with Gasteiger partial charge >= 0.3 is 0 Å². The second kappa shape index (κ2) is 4.58. The molecule has 0 spiro atoms. The van der Waals surface area contributed by atoms with Gasteiger partial charge in [0.2, 0.25) is 0 Å². The lowest BCUT2D eigenvalue weighted by molar-refractivity contribution is 0.283. The molecule has 0 aliphatic heterocycles. The van der Waals surface area contributed by atoms with Crippen LogP contribution in [0.1, 0.15) is 12.5 Å². The van der Waals surface area contributed by atoms with Crippen LogP contribution >= 0.6 is 15.9 Å². The molecule has 0 atom stereocenters. The Kier molecular flexibility index (Phi) is 3.31. The molecule has 0 aliphatic rings. The van der Waals surface area contributed by atoms with Crippen molar-refractivity contribution in [3.63, 3.8) is 0 Å². The zero-order chi connectivity index (χ0) is 12.6. The molecule has 0 bridgehead atoms. The van der Waals surface area contributed by atoms with Gasteiger partial charge in [-0.3, -0.25) is 4.79 Å². The van der Waals surface area contributed by atoms with Gasteiger partial charge < -0.3 is 9.67 Å². The molecule has 5 heteroatoms. The van der Waals surface area contributed by atoms with E-state index in [0.29, 0.717) is 27.5 Å². The Morgan fingerprint density at radius 3 is 2.71 bits per heavy atom.